The van der Waals surface area contributed by atoms with Gasteiger partial charge in [0.05, 0.1) is 5.56 Å². The highest BCUT2D eigenvalue weighted by Crippen LogP contribution is 2.22. The fraction of sp³-hybridized carbons (Fsp3) is 0.250. The van der Waals surface area contributed by atoms with Crippen molar-refractivity contribution in [1.82, 2.24) is 0 Å². The Labute approximate surface area is 151 Å². The molecule has 0 N–H and O–H groups in total. The molecule has 2 aromatic carbocycles. The molecule has 134 valence electrons. The quantitative estimate of drug-likeness (QED) is 0.789. The van der Waals surface area contributed by atoms with E-state index in [9.17, 15) is 14.4 Å². The van der Waals surface area contributed by atoms with E-state index < -0.39 is 24.1 Å². The van der Waals surface area contributed by atoms with Gasteiger partial charge in [-0.25, -0.2) is 9.59 Å². The molecule has 26 heavy (non-hydrogen) atoms. The number of likely N-dealkylation sites (N-methyl/N-ethyl adjacent to an activating group) is 1. The maximum atomic E-state index is 12.5. The van der Waals surface area contributed by atoms with Crippen LogP contribution in [0.5, 0.6) is 0 Å². The van der Waals surface area contributed by atoms with E-state index in [-0.39, 0.29) is 12.3 Å². The molecule has 3 rings (SSSR count). The third-order valence-electron chi connectivity index (χ3n) is 4.27. The molecule has 6 nitrogen and oxygen atoms in total. The first kappa shape index (κ1) is 17.7. The summed E-state index contributed by atoms with van der Waals surface area (Å²) in [5.41, 5.74) is 1.87. The zero-order valence-electron chi connectivity index (χ0n) is 14.5. The summed E-state index contributed by atoms with van der Waals surface area (Å²) < 4.78 is 10.4. The molecule has 0 aliphatic carbocycles. The highest BCUT2D eigenvalue weighted by molar-refractivity contribution is 5.98. The predicted molar refractivity (Wildman–Crippen MR) is 94.8 cm³/mol. The van der Waals surface area contributed by atoms with Crippen molar-refractivity contribution >= 4 is 23.5 Å². The van der Waals surface area contributed by atoms with Gasteiger partial charge < -0.3 is 14.4 Å². The summed E-state index contributed by atoms with van der Waals surface area (Å²) in [6, 6.07) is 16.0. The summed E-state index contributed by atoms with van der Waals surface area (Å²) in [4.78, 5) is 38.2. The fourth-order valence-electron chi connectivity index (χ4n) is 2.82. The van der Waals surface area contributed by atoms with Gasteiger partial charge in [0.15, 0.2) is 6.10 Å². The number of anilines is 1. The van der Waals surface area contributed by atoms with Gasteiger partial charge in [0, 0.05) is 19.2 Å². The number of hydrogen-bond acceptors (Lipinski definition) is 5. The third-order valence-corrected chi connectivity index (χ3v) is 4.27. The van der Waals surface area contributed by atoms with Crippen LogP contribution in [0, 0.1) is 0 Å². The number of fused-ring (bicyclic) bond motifs is 1. The van der Waals surface area contributed by atoms with Gasteiger partial charge in [-0.05, 0) is 30.7 Å². The molecule has 0 bridgehead atoms. The first-order chi connectivity index (χ1) is 12.5. The fourth-order valence-corrected chi connectivity index (χ4v) is 2.82. The van der Waals surface area contributed by atoms with E-state index in [0.29, 0.717) is 11.3 Å². The Kier molecular flexibility index (Phi) is 5.02. The lowest BCUT2D eigenvalue weighted by Gasteiger charge is -2.26. The van der Waals surface area contributed by atoms with Crippen LogP contribution in [-0.4, -0.2) is 37.1 Å². The smallest absolute Gasteiger partial charge is 0.348 e. The van der Waals surface area contributed by atoms with Gasteiger partial charge in [-0.1, -0.05) is 36.4 Å². The molecule has 0 aromatic heterocycles. The topological polar surface area (TPSA) is 72.9 Å². The number of carbonyl (C=O) groups excluding carboxylic acids is 3. The summed E-state index contributed by atoms with van der Waals surface area (Å²) in [7, 11) is 1.61. The van der Waals surface area contributed by atoms with Crippen molar-refractivity contribution < 1.29 is 23.9 Å². The molecule has 1 aliphatic heterocycles. The van der Waals surface area contributed by atoms with Crippen LogP contribution in [0.25, 0.3) is 0 Å². The maximum Gasteiger partial charge on any atom is 0.348 e. The number of amides is 1. The lowest BCUT2D eigenvalue weighted by Crippen LogP contribution is -2.42. The van der Waals surface area contributed by atoms with Crippen molar-refractivity contribution in [2.75, 3.05) is 11.9 Å². The first-order valence-electron chi connectivity index (χ1n) is 8.29. The highest BCUT2D eigenvalue weighted by atomic mass is 16.6. The number of esters is 2. The second kappa shape index (κ2) is 7.39. The Bertz CT molecular complexity index is 833. The van der Waals surface area contributed by atoms with E-state index in [4.69, 9.17) is 9.47 Å². The van der Waals surface area contributed by atoms with Gasteiger partial charge in [-0.3, -0.25) is 4.79 Å². The molecule has 2 atom stereocenters. The molecule has 0 saturated carbocycles. The zero-order chi connectivity index (χ0) is 18.7. The van der Waals surface area contributed by atoms with Crippen LogP contribution in [-0.2, 0) is 25.5 Å². The summed E-state index contributed by atoms with van der Waals surface area (Å²) in [6.45, 7) is 1.50. The Morgan fingerprint density at radius 2 is 1.77 bits per heavy atom. The standard InChI is InChI=1S/C20H19NO5/c1-13(18(22)21(2)15-9-4-3-5-10-15)25-20(24)17-12-14-8-6-7-11-16(14)19(23)26-17/h3-11,13,17H,12H2,1-2H3/t13-,17+/m1/s1. The van der Waals surface area contributed by atoms with Gasteiger partial charge in [0.1, 0.15) is 0 Å². The van der Waals surface area contributed by atoms with Crippen molar-refractivity contribution in [2.24, 2.45) is 0 Å². The van der Waals surface area contributed by atoms with Crippen molar-refractivity contribution in [1.29, 1.82) is 0 Å². The molecule has 1 aliphatic rings. The van der Waals surface area contributed by atoms with E-state index in [0.717, 1.165) is 5.56 Å². The van der Waals surface area contributed by atoms with Crippen molar-refractivity contribution in [2.45, 2.75) is 25.6 Å². The normalized spacial score (nSPS) is 16.8. The number of rotatable bonds is 4. The van der Waals surface area contributed by atoms with E-state index in [1.807, 2.05) is 18.2 Å². The van der Waals surface area contributed by atoms with Crippen LogP contribution in [0.3, 0.4) is 0 Å². The van der Waals surface area contributed by atoms with Gasteiger partial charge in [-0.15, -0.1) is 0 Å². The minimum Gasteiger partial charge on any atom is -0.450 e. The zero-order valence-corrected chi connectivity index (χ0v) is 14.5. The van der Waals surface area contributed by atoms with E-state index >= 15 is 0 Å². The Morgan fingerprint density at radius 3 is 2.50 bits per heavy atom. The average Bonchev–Trinajstić information content (AvgIpc) is 2.67. The lowest BCUT2D eigenvalue weighted by atomic mass is 9.99. The monoisotopic (exact) mass is 353 g/mol. The van der Waals surface area contributed by atoms with Gasteiger partial charge in [-0.2, -0.15) is 0 Å². The number of cyclic esters (lactones) is 1. The second-order valence-electron chi connectivity index (χ2n) is 6.07. The summed E-state index contributed by atoms with van der Waals surface area (Å²) in [5, 5.41) is 0. The van der Waals surface area contributed by atoms with E-state index in [1.54, 1.807) is 43.4 Å². The van der Waals surface area contributed by atoms with Crippen LogP contribution in [0.1, 0.15) is 22.8 Å². The van der Waals surface area contributed by atoms with Crippen LogP contribution in [0.15, 0.2) is 54.6 Å². The Hall–Kier alpha value is -3.15. The van der Waals surface area contributed by atoms with Crippen LogP contribution < -0.4 is 4.90 Å². The van der Waals surface area contributed by atoms with Gasteiger partial charge in [0.2, 0.25) is 6.10 Å². The van der Waals surface area contributed by atoms with E-state index in [2.05, 4.69) is 0 Å². The lowest BCUT2D eigenvalue weighted by molar-refractivity contribution is -0.162. The predicted octanol–water partition coefficient (Wildman–Crippen LogP) is 2.36. The summed E-state index contributed by atoms with van der Waals surface area (Å²) in [6.07, 6.45) is -1.81. The van der Waals surface area contributed by atoms with Crippen molar-refractivity contribution in [3.63, 3.8) is 0 Å². The number of nitrogens with zero attached hydrogens (tertiary/aromatic N) is 1. The SMILES string of the molecule is C[C@@H](OC(=O)[C@@H]1Cc2ccccc2C(=O)O1)C(=O)N(C)c1ccccc1. The molecule has 0 spiro atoms. The number of ether oxygens (including phenoxy) is 2. The highest BCUT2D eigenvalue weighted by Gasteiger charge is 2.34. The molecule has 0 radical (unpaired) electrons. The van der Waals surface area contributed by atoms with Crippen LogP contribution in [0.2, 0.25) is 0 Å². The molecule has 0 fully saturated rings. The Balaban J connectivity index is 1.65. The average molecular weight is 353 g/mol. The van der Waals surface area contributed by atoms with Gasteiger partial charge in [0.25, 0.3) is 5.91 Å². The summed E-state index contributed by atoms with van der Waals surface area (Å²) >= 11 is 0. The molecular formula is C20H19NO5. The van der Waals surface area contributed by atoms with Gasteiger partial charge >= 0.3 is 11.9 Å². The van der Waals surface area contributed by atoms with E-state index in [1.165, 1.54) is 11.8 Å². The molecule has 6 heteroatoms. The second-order valence-corrected chi connectivity index (χ2v) is 6.07. The summed E-state index contributed by atoms with van der Waals surface area (Å²) in [5.74, 6) is -1.66. The Morgan fingerprint density at radius 1 is 1.12 bits per heavy atom. The molecule has 0 saturated heterocycles. The molecule has 2 aromatic rings. The number of carbonyl (C=O) groups is 3. The van der Waals surface area contributed by atoms with Crippen LogP contribution >= 0.6 is 0 Å². The molecular weight excluding hydrogens is 334 g/mol. The van der Waals surface area contributed by atoms with Crippen molar-refractivity contribution in [3.05, 3.63) is 65.7 Å². The molecule has 1 amide bonds. The molecule has 0 unspecified atom stereocenters. The number of hydrogen-bond donors (Lipinski definition) is 0. The van der Waals surface area contributed by atoms with Crippen LogP contribution in [0.4, 0.5) is 5.69 Å². The largest absolute Gasteiger partial charge is 0.450 e. The number of benzene rings is 2. The minimum absolute atomic E-state index is 0.232. The first-order valence-corrected chi connectivity index (χ1v) is 8.29. The third kappa shape index (κ3) is 3.59. The molecule has 1 heterocycles. The minimum atomic E-state index is -1.05. The number of para-hydroxylation sites is 1. The maximum absolute atomic E-state index is 12.5. The van der Waals surface area contributed by atoms with Crippen molar-refractivity contribution in [3.8, 4) is 0 Å².